The maximum Gasteiger partial charge on any atom is 0.191 e. The summed E-state index contributed by atoms with van der Waals surface area (Å²) in [5, 5.41) is 7.58. The summed E-state index contributed by atoms with van der Waals surface area (Å²) in [4.78, 5) is 14.1. The number of hydrogen-bond donors (Lipinski definition) is 2. The topological polar surface area (TPSA) is 67.1 Å². The van der Waals surface area contributed by atoms with E-state index in [9.17, 15) is 4.39 Å². The van der Waals surface area contributed by atoms with Crippen LogP contribution < -0.4 is 10.6 Å². The van der Waals surface area contributed by atoms with E-state index < -0.39 is 0 Å². The first-order chi connectivity index (χ1) is 13.1. The first-order valence-electron chi connectivity index (χ1n) is 8.78. The molecule has 6 nitrogen and oxygen atoms in total. The third-order valence-corrected chi connectivity index (χ3v) is 5.05. The SMILES string of the molecule is CCNC(=NCc1ccc(-n2ccnc2)c(F)c1)NCc1sc(C)nc1C.I. The first-order valence-corrected chi connectivity index (χ1v) is 9.60. The van der Waals surface area contributed by atoms with Gasteiger partial charge in [-0.05, 0) is 38.5 Å². The third-order valence-electron chi connectivity index (χ3n) is 3.97. The highest BCUT2D eigenvalue weighted by Crippen LogP contribution is 2.17. The monoisotopic (exact) mass is 514 g/mol. The van der Waals surface area contributed by atoms with Gasteiger partial charge in [0.25, 0.3) is 0 Å². The van der Waals surface area contributed by atoms with Crippen molar-refractivity contribution in [3.8, 4) is 5.69 Å². The Morgan fingerprint density at radius 2 is 2.11 bits per heavy atom. The van der Waals surface area contributed by atoms with Crippen molar-refractivity contribution in [2.75, 3.05) is 6.54 Å². The molecule has 0 spiro atoms. The molecule has 2 aromatic heterocycles. The molecule has 0 saturated carbocycles. The lowest BCUT2D eigenvalue weighted by Gasteiger charge is -2.11. The van der Waals surface area contributed by atoms with Crippen LogP contribution in [0, 0.1) is 19.7 Å². The van der Waals surface area contributed by atoms with Gasteiger partial charge in [0.15, 0.2) is 5.96 Å². The van der Waals surface area contributed by atoms with Gasteiger partial charge in [0.2, 0.25) is 0 Å². The van der Waals surface area contributed by atoms with Gasteiger partial charge in [-0.1, -0.05) is 6.07 Å². The summed E-state index contributed by atoms with van der Waals surface area (Å²) in [5.41, 5.74) is 2.32. The Labute approximate surface area is 185 Å². The van der Waals surface area contributed by atoms with Crippen LogP contribution in [0.25, 0.3) is 5.69 Å². The second-order valence-electron chi connectivity index (χ2n) is 6.05. The maximum atomic E-state index is 14.4. The molecule has 150 valence electrons. The van der Waals surface area contributed by atoms with Crippen LogP contribution >= 0.6 is 35.3 Å². The number of benzene rings is 1. The van der Waals surface area contributed by atoms with Crippen LogP contribution in [-0.4, -0.2) is 27.0 Å². The van der Waals surface area contributed by atoms with E-state index in [1.165, 1.54) is 10.9 Å². The number of aromatic nitrogens is 3. The summed E-state index contributed by atoms with van der Waals surface area (Å²) < 4.78 is 16.0. The van der Waals surface area contributed by atoms with Crippen molar-refractivity contribution in [3.05, 3.63) is 63.9 Å². The normalized spacial score (nSPS) is 11.2. The molecule has 3 aromatic rings. The summed E-state index contributed by atoms with van der Waals surface area (Å²) in [6, 6.07) is 5.13. The van der Waals surface area contributed by atoms with Gasteiger partial charge in [-0.25, -0.2) is 19.4 Å². The predicted molar refractivity (Wildman–Crippen MR) is 122 cm³/mol. The Hall–Kier alpha value is -2.01. The van der Waals surface area contributed by atoms with E-state index in [1.807, 2.05) is 26.8 Å². The molecule has 0 saturated heterocycles. The second-order valence-corrected chi connectivity index (χ2v) is 7.33. The van der Waals surface area contributed by atoms with Gasteiger partial charge < -0.3 is 15.2 Å². The molecule has 0 radical (unpaired) electrons. The van der Waals surface area contributed by atoms with Crippen molar-refractivity contribution in [1.29, 1.82) is 0 Å². The van der Waals surface area contributed by atoms with Crippen LogP contribution in [0.5, 0.6) is 0 Å². The molecular weight excluding hydrogens is 490 g/mol. The van der Waals surface area contributed by atoms with E-state index >= 15 is 0 Å². The summed E-state index contributed by atoms with van der Waals surface area (Å²) in [7, 11) is 0. The minimum absolute atomic E-state index is 0. The summed E-state index contributed by atoms with van der Waals surface area (Å²) >= 11 is 1.68. The van der Waals surface area contributed by atoms with Crippen molar-refractivity contribution in [2.24, 2.45) is 4.99 Å². The molecule has 3 rings (SSSR count). The molecule has 0 atom stereocenters. The van der Waals surface area contributed by atoms with Crippen LogP contribution in [-0.2, 0) is 13.1 Å². The zero-order chi connectivity index (χ0) is 19.2. The van der Waals surface area contributed by atoms with E-state index in [-0.39, 0.29) is 29.8 Å². The van der Waals surface area contributed by atoms with Gasteiger partial charge in [0.05, 0.1) is 35.8 Å². The Balaban J connectivity index is 0.00000280. The van der Waals surface area contributed by atoms with Crippen LogP contribution in [0.15, 0.2) is 41.9 Å². The number of halogens is 2. The van der Waals surface area contributed by atoms with Crippen molar-refractivity contribution in [2.45, 2.75) is 33.9 Å². The lowest BCUT2D eigenvalue weighted by molar-refractivity contribution is 0.615. The molecule has 0 fully saturated rings. The highest BCUT2D eigenvalue weighted by atomic mass is 127. The molecule has 2 N–H and O–H groups in total. The van der Waals surface area contributed by atoms with E-state index in [1.54, 1.807) is 40.7 Å². The molecule has 0 aliphatic rings. The average molecular weight is 514 g/mol. The van der Waals surface area contributed by atoms with Crippen LogP contribution in [0.3, 0.4) is 0 Å². The van der Waals surface area contributed by atoms with Crippen LogP contribution in [0.1, 0.15) is 28.1 Å². The van der Waals surface area contributed by atoms with E-state index in [0.717, 1.165) is 22.8 Å². The quantitative estimate of drug-likeness (QED) is 0.297. The van der Waals surface area contributed by atoms with Gasteiger partial charge in [-0.3, -0.25) is 0 Å². The fourth-order valence-electron chi connectivity index (χ4n) is 2.67. The molecule has 0 aliphatic heterocycles. The van der Waals surface area contributed by atoms with Crippen LogP contribution in [0.4, 0.5) is 4.39 Å². The summed E-state index contributed by atoms with van der Waals surface area (Å²) in [6.45, 7) is 7.82. The van der Waals surface area contributed by atoms with Crippen molar-refractivity contribution in [1.82, 2.24) is 25.2 Å². The maximum absolute atomic E-state index is 14.4. The molecule has 0 amide bonds. The Morgan fingerprint density at radius 3 is 2.71 bits per heavy atom. The molecule has 1 aromatic carbocycles. The van der Waals surface area contributed by atoms with Crippen LogP contribution in [0.2, 0.25) is 0 Å². The Bertz CT molecular complexity index is 923. The minimum Gasteiger partial charge on any atom is -0.357 e. The molecule has 2 heterocycles. The van der Waals surface area contributed by atoms with E-state index in [4.69, 9.17) is 0 Å². The van der Waals surface area contributed by atoms with E-state index in [2.05, 4.69) is 25.6 Å². The fourth-order valence-corrected chi connectivity index (χ4v) is 3.55. The highest BCUT2D eigenvalue weighted by molar-refractivity contribution is 14.0. The van der Waals surface area contributed by atoms with Gasteiger partial charge >= 0.3 is 0 Å². The predicted octanol–water partition coefficient (Wildman–Crippen LogP) is 3.96. The lowest BCUT2D eigenvalue weighted by Crippen LogP contribution is -2.36. The standard InChI is InChI=1S/C19H23FN6S.HI/c1-4-22-19(24-11-18-13(2)25-14(3)27-18)23-10-15-5-6-17(16(20)9-15)26-8-7-21-12-26;/h5-9,12H,4,10-11H2,1-3H3,(H2,22,23,24);1H. The minimum atomic E-state index is -0.297. The number of nitrogens with zero attached hydrogens (tertiary/aromatic N) is 4. The summed E-state index contributed by atoms with van der Waals surface area (Å²) in [6.07, 6.45) is 4.91. The largest absolute Gasteiger partial charge is 0.357 e. The number of aryl methyl sites for hydroxylation is 2. The zero-order valence-electron chi connectivity index (χ0n) is 16.1. The Kier molecular flexibility index (Phi) is 8.36. The number of nitrogens with one attached hydrogen (secondary N) is 2. The molecule has 0 unspecified atom stereocenters. The highest BCUT2D eigenvalue weighted by Gasteiger charge is 2.07. The van der Waals surface area contributed by atoms with Crippen molar-refractivity contribution < 1.29 is 4.39 Å². The number of guanidine groups is 1. The smallest absolute Gasteiger partial charge is 0.191 e. The first kappa shape index (κ1) is 22.3. The molecule has 0 bridgehead atoms. The number of rotatable bonds is 6. The van der Waals surface area contributed by atoms with Gasteiger partial charge in [-0.15, -0.1) is 35.3 Å². The molecule has 9 heteroatoms. The lowest BCUT2D eigenvalue weighted by atomic mass is 10.2. The number of imidazole rings is 1. The number of aliphatic imine (C=N–C) groups is 1. The van der Waals surface area contributed by atoms with Crippen molar-refractivity contribution in [3.63, 3.8) is 0 Å². The fraction of sp³-hybridized carbons (Fsp3) is 0.316. The van der Waals surface area contributed by atoms with Gasteiger partial charge in [0.1, 0.15) is 5.82 Å². The Morgan fingerprint density at radius 1 is 1.29 bits per heavy atom. The van der Waals surface area contributed by atoms with Gasteiger partial charge in [0, 0.05) is 23.8 Å². The summed E-state index contributed by atoms with van der Waals surface area (Å²) in [5.74, 6) is 0.400. The zero-order valence-corrected chi connectivity index (χ0v) is 19.2. The molecule has 28 heavy (non-hydrogen) atoms. The average Bonchev–Trinajstić information content (AvgIpc) is 3.27. The second kappa shape index (κ2) is 10.5. The van der Waals surface area contributed by atoms with E-state index in [0.29, 0.717) is 24.7 Å². The molecular formula is C19H24FIN6S. The number of thiazole rings is 1. The number of hydrogen-bond acceptors (Lipinski definition) is 4. The van der Waals surface area contributed by atoms with Crippen molar-refractivity contribution >= 4 is 41.3 Å². The van der Waals surface area contributed by atoms with Gasteiger partial charge in [-0.2, -0.15) is 0 Å². The third kappa shape index (κ3) is 5.74. The molecule has 0 aliphatic carbocycles.